The summed E-state index contributed by atoms with van der Waals surface area (Å²) in [4.78, 5) is 26.6. The second-order valence-corrected chi connectivity index (χ2v) is 10.9. The Kier molecular flexibility index (Phi) is 6.79. The Morgan fingerprint density at radius 2 is 1.78 bits per heavy atom. The van der Waals surface area contributed by atoms with Crippen molar-refractivity contribution < 1.29 is 31.3 Å². The number of thiophene rings is 1. The lowest BCUT2D eigenvalue weighted by Gasteiger charge is -2.07. The highest BCUT2D eigenvalue weighted by Gasteiger charge is 2.31. The van der Waals surface area contributed by atoms with E-state index < -0.39 is 32.6 Å². The SMILES string of the molecule is O=C(/C=C/c1ccc([N+](=O)[O-])s1)Nc1ccc(S(=O)(=O)Nc2nc3ccc(C(F)(F)F)cc3s2)cc1. The molecule has 186 valence electrons. The fourth-order valence-electron chi connectivity index (χ4n) is 2.91. The van der Waals surface area contributed by atoms with Gasteiger partial charge in [-0.2, -0.15) is 13.2 Å². The second kappa shape index (κ2) is 9.67. The van der Waals surface area contributed by atoms with Crippen LogP contribution in [0.15, 0.2) is 65.6 Å². The van der Waals surface area contributed by atoms with E-state index in [4.69, 9.17) is 0 Å². The first kappa shape index (κ1) is 25.3. The Morgan fingerprint density at radius 3 is 2.42 bits per heavy atom. The number of fused-ring (bicyclic) bond motifs is 1. The molecule has 1 amide bonds. The fraction of sp³-hybridized carbons (Fsp3) is 0.0476. The first-order valence-corrected chi connectivity index (χ1v) is 12.9. The smallest absolute Gasteiger partial charge is 0.323 e. The maximum absolute atomic E-state index is 12.9. The molecule has 0 saturated heterocycles. The number of anilines is 2. The number of nitrogens with one attached hydrogen (secondary N) is 2. The van der Waals surface area contributed by atoms with Gasteiger partial charge < -0.3 is 5.32 Å². The zero-order chi connectivity index (χ0) is 26.1. The highest BCUT2D eigenvalue weighted by molar-refractivity contribution is 7.93. The number of sulfonamides is 1. The molecule has 0 spiro atoms. The average molecular weight is 555 g/mol. The number of hydrogen-bond donors (Lipinski definition) is 2. The van der Waals surface area contributed by atoms with Gasteiger partial charge in [-0.3, -0.25) is 19.6 Å². The number of alkyl halides is 3. The third-order valence-electron chi connectivity index (χ3n) is 4.56. The van der Waals surface area contributed by atoms with Crippen molar-refractivity contribution in [3.63, 3.8) is 0 Å². The number of amides is 1. The predicted octanol–water partition coefficient (Wildman–Crippen LogP) is 5.74. The molecule has 36 heavy (non-hydrogen) atoms. The van der Waals surface area contributed by atoms with Gasteiger partial charge in [0.1, 0.15) is 0 Å². The van der Waals surface area contributed by atoms with Crippen LogP contribution in [0.5, 0.6) is 0 Å². The molecule has 0 radical (unpaired) electrons. The Balaban J connectivity index is 1.42. The van der Waals surface area contributed by atoms with E-state index in [0.717, 1.165) is 40.9 Å². The van der Waals surface area contributed by atoms with Gasteiger partial charge in [0, 0.05) is 22.7 Å². The Morgan fingerprint density at radius 1 is 1.06 bits per heavy atom. The van der Waals surface area contributed by atoms with Gasteiger partial charge >= 0.3 is 11.2 Å². The third-order valence-corrected chi connectivity index (χ3v) is 7.98. The number of nitro groups is 1. The standard InChI is InChI=1S/C21H13F3N4O5S3/c22-21(23,24)12-1-8-16-17(11-12)35-20(26-16)27-36(32,33)15-6-2-13(3-7-15)25-18(29)9-4-14-5-10-19(34-14)28(30)31/h1-11H,(H,25,29)(H,26,27)/b9-4+. The fourth-order valence-corrected chi connectivity index (χ4v) is 5.77. The summed E-state index contributed by atoms with van der Waals surface area (Å²) in [5.41, 5.74) is -0.355. The predicted molar refractivity (Wildman–Crippen MR) is 131 cm³/mol. The first-order valence-electron chi connectivity index (χ1n) is 9.75. The molecule has 0 saturated carbocycles. The summed E-state index contributed by atoms with van der Waals surface area (Å²) < 4.78 is 66.5. The molecular formula is C21H13F3N4O5S3. The first-order chi connectivity index (χ1) is 16.9. The van der Waals surface area contributed by atoms with E-state index in [1.165, 1.54) is 48.6 Å². The van der Waals surface area contributed by atoms with Gasteiger partial charge in [-0.25, -0.2) is 13.4 Å². The van der Waals surface area contributed by atoms with Crippen molar-refractivity contribution in [3.05, 3.63) is 81.2 Å². The van der Waals surface area contributed by atoms with Crippen LogP contribution in [0.3, 0.4) is 0 Å². The van der Waals surface area contributed by atoms with Crippen molar-refractivity contribution >= 4 is 70.7 Å². The maximum atomic E-state index is 12.9. The van der Waals surface area contributed by atoms with E-state index in [1.54, 1.807) is 0 Å². The van der Waals surface area contributed by atoms with E-state index in [1.807, 2.05) is 0 Å². The van der Waals surface area contributed by atoms with Gasteiger partial charge in [0.25, 0.3) is 10.0 Å². The van der Waals surface area contributed by atoms with Crippen molar-refractivity contribution in [2.75, 3.05) is 10.0 Å². The second-order valence-electron chi connectivity index (χ2n) is 7.08. The summed E-state index contributed by atoms with van der Waals surface area (Å²) in [6.07, 6.45) is -1.94. The van der Waals surface area contributed by atoms with E-state index in [-0.39, 0.29) is 25.2 Å². The van der Waals surface area contributed by atoms with Crippen molar-refractivity contribution in [1.82, 2.24) is 4.98 Å². The molecule has 4 aromatic rings. The van der Waals surface area contributed by atoms with Gasteiger partial charge in [0.15, 0.2) is 5.13 Å². The Hall–Kier alpha value is -3.82. The van der Waals surface area contributed by atoms with Crippen LogP contribution in [-0.4, -0.2) is 24.2 Å². The van der Waals surface area contributed by atoms with Crippen molar-refractivity contribution in [3.8, 4) is 0 Å². The van der Waals surface area contributed by atoms with Crippen LogP contribution in [0.2, 0.25) is 0 Å². The number of carbonyl (C=O) groups is 1. The summed E-state index contributed by atoms with van der Waals surface area (Å²) in [5, 5.41) is 13.1. The van der Waals surface area contributed by atoms with Crippen LogP contribution in [0.1, 0.15) is 10.4 Å². The molecule has 4 rings (SSSR count). The number of nitrogens with zero attached hydrogens (tertiary/aromatic N) is 2. The molecule has 0 atom stereocenters. The molecule has 0 unspecified atom stereocenters. The minimum atomic E-state index is -4.53. The quantitative estimate of drug-likeness (QED) is 0.170. The van der Waals surface area contributed by atoms with E-state index in [0.29, 0.717) is 10.6 Å². The number of carbonyl (C=O) groups excluding carboxylic acids is 1. The molecular weight excluding hydrogens is 541 g/mol. The van der Waals surface area contributed by atoms with Crippen LogP contribution in [0.4, 0.5) is 29.0 Å². The zero-order valence-corrected chi connectivity index (χ0v) is 20.1. The topological polar surface area (TPSA) is 131 Å². The molecule has 0 aliphatic heterocycles. The normalized spacial score (nSPS) is 12.2. The number of hydrogen-bond acceptors (Lipinski definition) is 8. The van der Waals surface area contributed by atoms with Crippen molar-refractivity contribution in [1.29, 1.82) is 0 Å². The minimum absolute atomic E-state index is 0.0580. The zero-order valence-electron chi connectivity index (χ0n) is 17.6. The van der Waals surface area contributed by atoms with Crippen LogP contribution < -0.4 is 10.0 Å². The lowest BCUT2D eigenvalue weighted by Crippen LogP contribution is -2.13. The van der Waals surface area contributed by atoms with Gasteiger partial charge in [-0.1, -0.05) is 22.7 Å². The summed E-state index contributed by atoms with van der Waals surface area (Å²) in [7, 11) is -4.10. The van der Waals surface area contributed by atoms with Gasteiger partial charge in [-0.05, 0) is 54.6 Å². The third kappa shape index (κ3) is 5.87. The summed E-state index contributed by atoms with van der Waals surface area (Å²) in [5.74, 6) is -0.535. The van der Waals surface area contributed by atoms with Crippen molar-refractivity contribution in [2.24, 2.45) is 0 Å². The molecule has 0 fully saturated rings. The molecule has 2 aromatic carbocycles. The lowest BCUT2D eigenvalue weighted by atomic mass is 10.2. The van der Waals surface area contributed by atoms with Crippen LogP contribution >= 0.6 is 22.7 Å². The van der Waals surface area contributed by atoms with E-state index in [9.17, 15) is 36.5 Å². The molecule has 0 aliphatic carbocycles. The maximum Gasteiger partial charge on any atom is 0.416 e. The highest BCUT2D eigenvalue weighted by Crippen LogP contribution is 2.35. The Labute approximate surface area is 209 Å². The Bertz CT molecular complexity index is 1590. The monoisotopic (exact) mass is 554 g/mol. The van der Waals surface area contributed by atoms with Crippen LogP contribution in [-0.2, 0) is 21.0 Å². The summed E-state index contributed by atoms with van der Waals surface area (Å²) in [6.45, 7) is 0. The average Bonchev–Trinajstić information content (AvgIpc) is 3.43. The molecule has 15 heteroatoms. The molecule has 0 bridgehead atoms. The lowest BCUT2D eigenvalue weighted by molar-refractivity contribution is -0.380. The van der Waals surface area contributed by atoms with Crippen LogP contribution in [0.25, 0.3) is 16.3 Å². The van der Waals surface area contributed by atoms with Crippen LogP contribution in [0, 0.1) is 10.1 Å². The largest absolute Gasteiger partial charge is 0.416 e. The number of aromatic nitrogens is 1. The van der Waals surface area contributed by atoms with Gasteiger partial charge in [0.2, 0.25) is 5.91 Å². The molecule has 0 aliphatic rings. The molecule has 2 N–H and O–H groups in total. The van der Waals surface area contributed by atoms with E-state index >= 15 is 0 Å². The summed E-state index contributed by atoms with van der Waals surface area (Å²) in [6, 6.07) is 10.9. The van der Waals surface area contributed by atoms with Crippen molar-refractivity contribution in [2.45, 2.75) is 11.1 Å². The molecule has 2 heterocycles. The molecule has 9 nitrogen and oxygen atoms in total. The minimum Gasteiger partial charge on any atom is -0.323 e. The number of halogens is 3. The molecule has 2 aromatic heterocycles. The van der Waals surface area contributed by atoms with Gasteiger partial charge in [0.05, 0.1) is 25.6 Å². The van der Waals surface area contributed by atoms with E-state index in [2.05, 4.69) is 15.0 Å². The highest BCUT2D eigenvalue weighted by atomic mass is 32.2. The number of benzene rings is 2. The number of thiazole rings is 1. The number of rotatable bonds is 7. The van der Waals surface area contributed by atoms with Gasteiger partial charge in [-0.15, -0.1) is 0 Å². The summed E-state index contributed by atoms with van der Waals surface area (Å²) >= 11 is 1.67.